The molecule has 0 saturated carbocycles. The van der Waals surface area contributed by atoms with Crippen LogP contribution >= 0.6 is 0 Å². The van der Waals surface area contributed by atoms with Gasteiger partial charge in [-0.05, 0) is 42.3 Å². The molecule has 1 saturated heterocycles. The molecular formula is C16H18N4O2. The monoisotopic (exact) mass is 298 g/mol. The fraction of sp³-hybridized carbons (Fsp3) is 0.250. The third kappa shape index (κ3) is 3.24. The van der Waals surface area contributed by atoms with Crippen LogP contribution in [-0.2, 0) is 4.79 Å². The first-order chi connectivity index (χ1) is 10.8. The fourth-order valence-electron chi connectivity index (χ4n) is 2.43. The van der Waals surface area contributed by atoms with Crippen molar-refractivity contribution < 1.29 is 9.53 Å². The van der Waals surface area contributed by atoms with Gasteiger partial charge in [-0.15, -0.1) is 0 Å². The molecule has 1 amide bonds. The molecule has 22 heavy (non-hydrogen) atoms. The minimum Gasteiger partial charge on any atom is -0.497 e. The molecule has 3 rings (SSSR count). The van der Waals surface area contributed by atoms with Crippen LogP contribution in [0.1, 0.15) is 18.0 Å². The lowest BCUT2D eigenvalue weighted by atomic mass is 10.0. The van der Waals surface area contributed by atoms with Crippen LogP contribution in [0.5, 0.6) is 5.75 Å². The lowest BCUT2D eigenvalue weighted by molar-refractivity contribution is -0.117. The van der Waals surface area contributed by atoms with E-state index in [9.17, 15) is 4.79 Å². The van der Waals surface area contributed by atoms with Crippen molar-refractivity contribution in [2.24, 2.45) is 0 Å². The maximum atomic E-state index is 12.3. The average molecular weight is 298 g/mol. The van der Waals surface area contributed by atoms with Crippen LogP contribution in [0.25, 0.3) is 0 Å². The number of amides is 1. The number of benzene rings is 1. The van der Waals surface area contributed by atoms with Gasteiger partial charge in [-0.25, -0.2) is 10.9 Å². The summed E-state index contributed by atoms with van der Waals surface area (Å²) >= 11 is 0. The Morgan fingerprint density at radius 2 is 2.09 bits per heavy atom. The van der Waals surface area contributed by atoms with Gasteiger partial charge >= 0.3 is 0 Å². The summed E-state index contributed by atoms with van der Waals surface area (Å²) in [6.07, 6.45) is 4.22. The van der Waals surface area contributed by atoms with Gasteiger partial charge in [0.05, 0.1) is 7.11 Å². The first kappa shape index (κ1) is 14.5. The van der Waals surface area contributed by atoms with E-state index in [1.165, 1.54) is 0 Å². The number of nitrogens with zero attached hydrogens (tertiary/aromatic N) is 1. The Balaban J connectivity index is 1.59. The van der Waals surface area contributed by atoms with Crippen molar-refractivity contribution >= 4 is 11.6 Å². The first-order valence-electron chi connectivity index (χ1n) is 7.12. The number of anilines is 1. The molecule has 0 spiro atoms. The molecule has 6 nitrogen and oxygen atoms in total. The number of hydrogen-bond donors (Lipinski definition) is 3. The van der Waals surface area contributed by atoms with Crippen LogP contribution < -0.4 is 20.9 Å². The number of hydrazine groups is 1. The van der Waals surface area contributed by atoms with Gasteiger partial charge in [-0.1, -0.05) is 6.07 Å². The SMILES string of the molecule is COc1ccc(NC(=O)C2CC(c3cccnc3)NN2)cc1. The largest absolute Gasteiger partial charge is 0.497 e. The quantitative estimate of drug-likeness (QED) is 0.800. The normalized spacial score (nSPS) is 20.6. The number of aromatic nitrogens is 1. The summed E-state index contributed by atoms with van der Waals surface area (Å²) in [6, 6.07) is 10.9. The number of nitrogens with one attached hydrogen (secondary N) is 3. The minimum absolute atomic E-state index is 0.0657. The van der Waals surface area contributed by atoms with Crippen molar-refractivity contribution in [1.29, 1.82) is 0 Å². The summed E-state index contributed by atoms with van der Waals surface area (Å²) in [5.74, 6) is 0.694. The fourth-order valence-corrected chi connectivity index (χ4v) is 2.43. The Morgan fingerprint density at radius 1 is 1.27 bits per heavy atom. The van der Waals surface area contributed by atoms with Gasteiger partial charge in [0.15, 0.2) is 0 Å². The van der Waals surface area contributed by atoms with Crippen LogP contribution in [0, 0.1) is 0 Å². The summed E-state index contributed by atoms with van der Waals surface area (Å²) in [5.41, 5.74) is 7.98. The smallest absolute Gasteiger partial charge is 0.242 e. The van der Waals surface area contributed by atoms with Gasteiger partial charge in [-0.3, -0.25) is 9.78 Å². The molecule has 2 atom stereocenters. The molecule has 1 aromatic heterocycles. The predicted molar refractivity (Wildman–Crippen MR) is 83.3 cm³/mol. The van der Waals surface area contributed by atoms with E-state index in [1.807, 2.05) is 42.6 Å². The zero-order valence-electron chi connectivity index (χ0n) is 12.2. The third-order valence-electron chi connectivity index (χ3n) is 3.66. The molecule has 2 heterocycles. The van der Waals surface area contributed by atoms with E-state index in [4.69, 9.17) is 4.74 Å². The van der Waals surface area contributed by atoms with E-state index in [1.54, 1.807) is 13.3 Å². The summed E-state index contributed by atoms with van der Waals surface area (Å²) in [6.45, 7) is 0. The zero-order valence-corrected chi connectivity index (χ0v) is 12.2. The van der Waals surface area contributed by atoms with Gasteiger partial charge < -0.3 is 10.1 Å². The Morgan fingerprint density at radius 3 is 2.77 bits per heavy atom. The predicted octanol–water partition coefficient (Wildman–Crippen LogP) is 1.64. The maximum absolute atomic E-state index is 12.3. The Kier molecular flexibility index (Phi) is 4.32. The molecule has 0 aliphatic carbocycles. The van der Waals surface area contributed by atoms with E-state index >= 15 is 0 Å². The molecule has 0 radical (unpaired) electrons. The second-order valence-electron chi connectivity index (χ2n) is 5.13. The van der Waals surface area contributed by atoms with Gasteiger partial charge in [0, 0.05) is 24.1 Å². The highest BCUT2D eigenvalue weighted by molar-refractivity contribution is 5.95. The van der Waals surface area contributed by atoms with Gasteiger partial charge in [0.25, 0.3) is 0 Å². The zero-order chi connectivity index (χ0) is 15.4. The molecule has 114 valence electrons. The molecule has 3 N–H and O–H groups in total. The first-order valence-corrected chi connectivity index (χ1v) is 7.12. The van der Waals surface area contributed by atoms with Crippen molar-refractivity contribution in [1.82, 2.24) is 15.8 Å². The molecule has 1 aliphatic rings. The van der Waals surface area contributed by atoms with Crippen molar-refractivity contribution in [2.75, 3.05) is 12.4 Å². The molecular weight excluding hydrogens is 280 g/mol. The molecule has 2 unspecified atom stereocenters. The number of pyridine rings is 1. The molecule has 0 bridgehead atoms. The van der Waals surface area contributed by atoms with Crippen molar-refractivity contribution in [2.45, 2.75) is 18.5 Å². The van der Waals surface area contributed by atoms with Crippen LogP contribution in [0.4, 0.5) is 5.69 Å². The summed E-state index contributed by atoms with van der Waals surface area (Å²) < 4.78 is 5.10. The Bertz CT molecular complexity index is 630. The van der Waals surface area contributed by atoms with Crippen LogP contribution in [0.15, 0.2) is 48.8 Å². The van der Waals surface area contributed by atoms with Crippen molar-refractivity contribution in [3.8, 4) is 5.75 Å². The average Bonchev–Trinajstić information content (AvgIpc) is 3.06. The standard InChI is InChI=1S/C16H18N4O2/c1-22-13-6-4-12(5-7-13)18-16(21)15-9-14(19-20-15)11-3-2-8-17-10-11/h2-8,10,14-15,19-20H,9H2,1H3,(H,18,21). The van der Waals surface area contributed by atoms with E-state index in [0.717, 1.165) is 17.0 Å². The highest BCUT2D eigenvalue weighted by Crippen LogP contribution is 2.22. The number of ether oxygens (including phenoxy) is 1. The van der Waals surface area contributed by atoms with Gasteiger partial charge in [0.1, 0.15) is 11.8 Å². The molecule has 1 fully saturated rings. The Hall–Kier alpha value is -2.44. The van der Waals surface area contributed by atoms with Crippen LogP contribution in [0.2, 0.25) is 0 Å². The van der Waals surface area contributed by atoms with Gasteiger partial charge in [-0.2, -0.15) is 0 Å². The van der Waals surface area contributed by atoms with Crippen molar-refractivity contribution in [3.05, 3.63) is 54.4 Å². The third-order valence-corrected chi connectivity index (χ3v) is 3.66. The molecule has 2 aromatic rings. The number of hydrogen-bond acceptors (Lipinski definition) is 5. The lowest BCUT2D eigenvalue weighted by Crippen LogP contribution is -2.39. The van der Waals surface area contributed by atoms with Crippen LogP contribution in [-0.4, -0.2) is 24.0 Å². The van der Waals surface area contributed by atoms with Gasteiger partial charge in [0.2, 0.25) is 5.91 Å². The molecule has 1 aromatic carbocycles. The van der Waals surface area contributed by atoms with Crippen LogP contribution in [0.3, 0.4) is 0 Å². The topological polar surface area (TPSA) is 75.3 Å². The number of carbonyl (C=O) groups excluding carboxylic acids is 1. The molecule has 6 heteroatoms. The summed E-state index contributed by atoms with van der Waals surface area (Å²) in [7, 11) is 1.61. The number of carbonyl (C=O) groups is 1. The summed E-state index contributed by atoms with van der Waals surface area (Å²) in [4.78, 5) is 16.4. The van der Waals surface area contributed by atoms with E-state index in [2.05, 4.69) is 21.2 Å². The second kappa shape index (κ2) is 6.55. The van der Waals surface area contributed by atoms with E-state index in [-0.39, 0.29) is 18.0 Å². The number of methoxy groups -OCH3 is 1. The summed E-state index contributed by atoms with van der Waals surface area (Å²) in [5, 5.41) is 2.89. The Labute approximate surface area is 128 Å². The second-order valence-corrected chi connectivity index (χ2v) is 5.13. The van der Waals surface area contributed by atoms with E-state index in [0.29, 0.717) is 6.42 Å². The van der Waals surface area contributed by atoms with Crippen molar-refractivity contribution in [3.63, 3.8) is 0 Å². The highest BCUT2D eigenvalue weighted by Gasteiger charge is 2.30. The maximum Gasteiger partial charge on any atom is 0.242 e. The number of rotatable bonds is 4. The highest BCUT2D eigenvalue weighted by atomic mass is 16.5. The lowest BCUT2D eigenvalue weighted by Gasteiger charge is -2.11. The van der Waals surface area contributed by atoms with E-state index < -0.39 is 0 Å². The molecule has 1 aliphatic heterocycles. The minimum atomic E-state index is -0.285.